The van der Waals surface area contributed by atoms with Gasteiger partial charge in [0, 0.05) is 19.1 Å². The van der Waals surface area contributed by atoms with Crippen LogP contribution < -0.4 is 5.32 Å². The monoisotopic (exact) mass is 260 g/mol. The predicted octanol–water partition coefficient (Wildman–Crippen LogP) is 0.857. The van der Waals surface area contributed by atoms with Crippen molar-refractivity contribution >= 4 is 5.91 Å². The van der Waals surface area contributed by atoms with Crippen molar-refractivity contribution in [2.75, 3.05) is 19.7 Å². The van der Waals surface area contributed by atoms with Gasteiger partial charge < -0.3 is 15.3 Å². The molecule has 0 saturated heterocycles. The summed E-state index contributed by atoms with van der Waals surface area (Å²) in [6.07, 6.45) is 3.11. The third-order valence-electron chi connectivity index (χ3n) is 3.97. The maximum Gasteiger partial charge on any atom is 0.244 e. The van der Waals surface area contributed by atoms with Crippen LogP contribution in [0.2, 0.25) is 0 Å². The molecule has 1 heterocycles. The summed E-state index contributed by atoms with van der Waals surface area (Å²) < 4.78 is 0. The number of hydrogen-bond donors (Lipinski definition) is 2. The van der Waals surface area contributed by atoms with E-state index in [2.05, 4.69) is 11.4 Å². The first-order valence-corrected chi connectivity index (χ1v) is 7.04. The Balaban J connectivity index is 1.83. The van der Waals surface area contributed by atoms with Gasteiger partial charge in [0.2, 0.25) is 5.91 Å². The lowest BCUT2D eigenvalue weighted by molar-refractivity contribution is -0.135. The smallest absolute Gasteiger partial charge is 0.244 e. The lowest BCUT2D eigenvalue weighted by Gasteiger charge is -2.31. The zero-order chi connectivity index (χ0) is 13.2. The normalized spacial score (nSPS) is 21.8. The molecule has 1 aromatic carbocycles. The Kier molecular flexibility index (Phi) is 3.53. The van der Waals surface area contributed by atoms with Crippen molar-refractivity contribution in [2.45, 2.75) is 31.3 Å². The summed E-state index contributed by atoms with van der Waals surface area (Å²) in [4.78, 5) is 14.5. The van der Waals surface area contributed by atoms with Crippen molar-refractivity contribution in [3.63, 3.8) is 0 Å². The van der Waals surface area contributed by atoms with Crippen molar-refractivity contribution in [3.8, 4) is 0 Å². The van der Waals surface area contributed by atoms with Crippen molar-refractivity contribution < 1.29 is 9.90 Å². The molecule has 1 aliphatic heterocycles. The summed E-state index contributed by atoms with van der Waals surface area (Å²) in [5.74, 6) is 0.115. The number of aliphatic hydroxyl groups excluding tert-OH is 1. The minimum Gasteiger partial charge on any atom is -0.395 e. The average molecular weight is 260 g/mol. The summed E-state index contributed by atoms with van der Waals surface area (Å²) in [5.41, 5.74) is 2.36. The van der Waals surface area contributed by atoms with Gasteiger partial charge in [0.1, 0.15) is 6.04 Å². The Morgan fingerprint density at radius 1 is 1.37 bits per heavy atom. The van der Waals surface area contributed by atoms with Crippen molar-refractivity contribution in [2.24, 2.45) is 0 Å². The molecule has 1 fully saturated rings. The molecule has 1 unspecified atom stereocenters. The van der Waals surface area contributed by atoms with Crippen LogP contribution in [0.4, 0.5) is 0 Å². The molecular formula is C15H20N2O2. The van der Waals surface area contributed by atoms with E-state index < -0.39 is 0 Å². The SMILES string of the molecule is O=C(C1NCCc2ccccc21)N(CCO)C1CC1. The highest BCUT2D eigenvalue weighted by Gasteiger charge is 2.37. The quantitative estimate of drug-likeness (QED) is 0.844. The van der Waals surface area contributed by atoms with Gasteiger partial charge in [-0.15, -0.1) is 0 Å². The second-order valence-electron chi connectivity index (χ2n) is 5.32. The Bertz CT molecular complexity index is 471. The van der Waals surface area contributed by atoms with Crippen LogP contribution in [0.5, 0.6) is 0 Å². The van der Waals surface area contributed by atoms with E-state index in [-0.39, 0.29) is 18.6 Å². The zero-order valence-corrected chi connectivity index (χ0v) is 11.0. The molecule has 4 nitrogen and oxygen atoms in total. The van der Waals surface area contributed by atoms with Crippen LogP contribution >= 0.6 is 0 Å². The van der Waals surface area contributed by atoms with E-state index >= 15 is 0 Å². The summed E-state index contributed by atoms with van der Waals surface area (Å²) in [7, 11) is 0. The van der Waals surface area contributed by atoms with Crippen LogP contribution in [-0.2, 0) is 11.2 Å². The van der Waals surface area contributed by atoms with Gasteiger partial charge >= 0.3 is 0 Å². The number of amides is 1. The molecule has 1 aromatic rings. The van der Waals surface area contributed by atoms with Crippen LogP contribution in [-0.4, -0.2) is 41.7 Å². The van der Waals surface area contributed by atoms with Gasteiger partial charge in [-0.2, -0.15) is 0 Å². The molecule has 3 rings (SSSR count). The largest absolute Gasteiger partial charge is 0.395 e. The number of carbonyl (C=O) groups excluding carboxylic acids is 1. The van der Waals surface area contributed by atoms with Gasteiger partial charge in [-0.05, 0) is 30.4 Å². The van der Waals surface area contributed by atoms with E-state index in [9.17, 15) is 4.79 Å². The van der Waals surface area contributed by atoms with Crippen molar-refractivity contribution in [3.05, 3.63) is 35.4 Å². The summed E-state index contributed by atoms with van der Waals surface area (Å²) in [6, 6.07) is 8.25. The second kappa shape index (κ2) is 5.31. The third kappa shape index (κ3) is 2.51. The van der Waals surface area contributed by atoms with E-state index in [1.54, 1.807) is 0 Å². The number of benzene rings is 1. The first kappa shape index (κ1) is 12.6. The molecule has 1 atom stereocenters. The van der Waals surface area contributed by atoms with Gasteiger partial charge in [0.25, 0.3) is 0 Å². The Morgan fingerprint density at radius 3 is 2.89 bits per heavy atom. The fourth-order valence-electron chi connectivity index (χ4n) is 2.86. The fourth-order valence-corrected chi connectivity index (χ4v) is 2.86. The van der Waals surface area contributed by atoms with Gasteiger partial charge in [0.15, 0.2) is 0 Å². The molecule has 1 amide bonds. The molecule has 1 saturated carbocycles. The molecule has 0 spiro atoms. The maximum atomic E-state index is 12.7. The van der Waals surface area contributed by atoms with Crippen LogP contribution in [0.15, 0.2) is 24.3 Å². The van der Waals surface area contributed by atoms with Gasteiger partial charge in [-0.25, -0.2) is 0 Å². The molecule has 2 N–H and O–H groups in total. The number of nitrogens with one attached hydrogen (secondary N) is 1. The van der Waals surface area contributed by atoms with Gasteiger partial charge in [-0.3, -0.25) is 4.79 Å². The fraction of sp³-hybridized carbons (Fsp3) is 0.533. The number of aliphatic hydroxyl groups is 1. The molecule has 4 heteroatoms. The minimum atomic E-state index is -0.239. The third-order valence-corrected chi connectivity index (χ3v) is 3.97. The molecule has 0 aromatic heterocycles. The van der Waals surface area contributed by atoms with E-state index in [1.165, 1.54) is 5.56 Å². The van der Waals surface area contributed by atoms with E-state index in [1.807, 2.05) is 23.1 Å². The minimum absolute atomic E-state index is 0.0383. The number of hydrogen-bond acceptors (Lipinski definition) is 3. The molecule has 0 radical (unpaired) electrons. The maximum absolute atomic E-state index is 12.7. The Labute approximate surface area is 113 Å². The Morgan fingerprint density at radius 2 is 2.16 bits per heavy atom. The summed E-state index contributed by atoms with van der Waals surface area (Å²) in [6.45, 7) is 1.32. The standard InChI is InChI=1S/C15H20N2O2/c18-10-9-17(12-5-6-12)15(19)14-13-4-2-1-3-11(13)7-8-16-14/h1-4,12,14,16,18H,5-10H2. The molecule has 102 valence electrons. The number of fused-ring (bicyclic) bond motifs is 1. The number of rotatable bonds is 4. The van der Waals surface area contributed by atoms with Crippen molar-refractivity contribution in [1.82, 2.24) is 10.2 Å². The zero-order valence-electron chi connectivity index (χ0n) is 11.0. The van der Waals surface area contributed by atoms with Crippen LogP contribution in [0, 0.1) is 0 Å². The highest BCUT2D eigenvalue weighted by atomic mass is 16.3. The van der Waals surface area contributed by atoms with E-state index in [4.69, 9.17) is 5.11 Å². The van der Waals surface area contributed by atoms with Crippen molar-refractivity contribution in [1.29, 1.82) is 0 Å². The number of carbonyl (C=O) groups is 1. The number of nitrogens with zero attached hydrogens (tertiary/aromatic N) is 1. The lowest BCUT2D eigenvalue weighted by atomic mass is 9.93. The Hall–Kier alpha value is -1.39. The first-order valence-electron chi connectivity index (χ1n) is 7.04. The topological polar surface area (TPSA) is 52.6 Å². The van der Waals surface area contributed by atoms with E-state index in [0.29, 0.717) is 12.6 Å². The first-order chi connectivity index (χ1) is 9.31. The summed E-state index contributed by atoms with van der Waals surface area (Å²) in [5, 5.41) is 12.5. The summed E-state index contributed by atoms with van der Waals surface area (Å²) >= 11 is 0. The highest BCUT2D eigenvalue weighted by molar-refractivity contribution is 5.84. The molecule has 1 aliphatic carbocycles. The molecule has 2 aliphatic rings. The highest BCUT2D eigenvalue weighted by Crippen LogP contribution is 2.31. The van der Waals surface area contributed by atoms with E-state index in [0.717, 1.165) is 31.4 Å². The van der Waals surface area contributed by atoms with Crippen LogP contribution in [0.25, 0.3) is 0 Å². The molecule has 19 heavy (non-hydrogen) atoms. The molecular weight excluding hydrogens is 240 g/mol. The van der Waals surface area contributed by atoms with Crippen LogP contribution in [0.3, 0.4) is 0 Å². The lowest BCUT2D eigenvalue weighted by Crippen LogP contribution is -2.45. The molecule has 0 bridgehead atoms. The predicted molar refractivity (Wildman–Crippen MR) is 72.7 cm³/mol. The van der Waals surface area contributed by atoms with Gasteiger partial charge in [0.05, 0.1) is 6.61 Å². The van der Waals surface area contributed by atoms with Gasteiger partial charge in [-0.1, -0.05) is 24.3 Å². The second-order valence-corrected chi connectivity index (χ2v) is 5.32. The van der Waals surface area contributed by atoms with Crippen LogP contribution in [0.1, 0.15) is 30.0 Å². The average Bonchev–Trinajstić information content (AvgIpc) is 3.28.